The molecule has 0 saturated carbocycles. The molecule has 66 heavy (non-hydrogen) atoms. The number of nitrogens with one attached hydrogen (secondary N) is 2. The lowest BCUT2D eigenvalue weighted by Crippen LogP contribution is -2.30. The first-order valence-electron chi connectivity index (χ1n) is 17.9. The van der Waals surface area contributed by atoms with Crippen LogP contribution in [0, 0.1) is 20.2 Å². The zero-order valence-electron chi connectivity index (χ0n) is 32.7. The Morgan fingerprint density at radius 3 is 1.39 bits per heavy atom. The predicted octanol–water partition coefficient (Wildman–Crippen LogP) is 6.59. The van der Waals surface area contributed by atoms with Gasteiger partial charge < -0.3 is 22.1 Å². The molecule has 0 spiro atoms. The van der Waals surface area contributed by atoms with E-state index in [1.165, 1.54) is 48.5 Å². The van der Waals surface area contributed by atoms with E-state index in [1.807, 2.05) is 0 Å². The Morgan fingerprint density at radius 2 is 0.985 bits per heavy atom. The molecular formula is C36H30N10O16S4. The van der Waals surface area contributed by atoms with Crippen LogP contribution in [0.1, 0.15) is 11.5 Å². The van der Waals surface area contributed by atoms with Gasteiger partial charge in [-0.25, -0.2) is 0 Å². The van der Waals surface area contributed by atoms with Crippen LogP contribution in [0.2, 0.25) is 0 Å². The van der Waals surface area contributed by atoms with Crippen molar-refractivity contribution in [3.05, 3.63) is 146 Å². The number of benzene rings is 5. The molecule has 30 heteroatoms. The van der Waals surface area contributed by atoms with Gasteiger partial charge >= 0.3 is 0 Å². The Hall–Kier alpha value is -7.58. The van der Waals surface area contributed by atoms with Gasteiger partial charge in [0.2, 0.25) is 0 Å². The van der Waals surface area contributed by atoms with Crippen molar-refractivity contribution in [3.8, 4) is 0 Å². The summed E-state index contributed by atoms with van der Waals surface area (Å²) >= 11 is 0. The molecule has 0 saturated heterocycles. The molecule has 2 unspecified atom stereocenters. The first-order valence-corrected chi connectivity index (χ1v) is 23.7. The molecule has 0 amide bonds. The molecule has 1 aliphatic carbocycles. The molecule has 6 rings (SSSR count). The van der Waals surface area contributed by atoms with Crippen molar-refractivity contribution in [1.29, 1.82) is 0 Å². The van der Waals surface area contributed by atoms with Gasteiger partial charge in [0.05, 0.1) is 48.9 Å². The highest BCUT2D eigenvalue weighted by Gasteiger charge is 2.38. The number of nitrogens with zero attached hydrogens (tertiary/aromatic N) is 6. The summed E-state index contributed by atoms with van der Waals surface area (Å²) in [7, 11) is -20.1. The van der Waals surface area contributed by atoms with E-state index < -0.39 is 93.1 Å². The Bertz CT molecular complexity index is 3400. The minimum Gasteiger partial charge on any atom is -0.397 e. The number of anilines is 5. The number of nitrogens with two attached hydrogens (primary N) is 2. The van der Waals surface area contributed by atoms with Crippen LogP contribution in [0.3, 0.4) is 0 Å². The molecule has 5 aromatic rings. The average Bonchev–Trinajstić information content (AvgIpc) is 3.22. The summed E-state index contributed by atoms with van der Waals surface area (Å²) in [5.41, 5.74) is 9.57. The fourth-order valence-corrected chi connectivity index (χ4v) is 9.18. The molecule has 1 aliphatic rings. The van der Waals surface area contributed by atoms with Gasteiger partial charge in [0.15, 0.2) is 0 Å². The molecular weight excluding hydrogens is 957 g/mol. The fourth-order valence-electron chi connectivity index (χ4n) is 6.17. The van der Waals surface area contributed by atoms with Gasteiger partial charge in [-0.05, 0) is 90.5 Å². The molecule has 2 atom stereocenters. The summed E-state index contributed by atoms with van der Waals surface area (Å²) in [5.74, 6) is -1.67. The topological polar surface area (TPSA) is 429 Å². The third kappa shape index (κ3) is 11.2. The number of non-ortho nitro benzene ring substituents is 2. The second kappa shape index (κ2) is 18.1. The normalized spacial score (nSPS) is 15.9. The van der Waals surface area contributed by atoms with Crippen molar-refractivity contribution in [2.75, 3.05) is 16.4 Å². The van der Waals surface area contributed by atoms with E-state index in [1.54, 1.807) is 0 Å². The monoisotopic (exact) mass is 986 g/mol. The van der Waals surface area contributed by atoms with Crippen LogP contribution in [0.5, 0.6) is 0 Å². The summed E-state index contributed by atoms with van der Waals surface area (Å²) in [4.78, 5) is 18.1. The number of hydrogen-bond acceptors (Lipinski definition) is 20. The van der Waals surface area contributed by atoms with Gasteiger partial charge in [0, 0.05) is 41.6 Å². The van der Waals surface area contributed by atoms with Crippen LogP contribution >= 0.6 is 0 Å². The molecule has 0 bridgehead atoms. The quantitative estimate of drug-likeness (QED) is 0.0180. The number of nitro benzene ring substituents is 2. The highest BCUT2D eigenvalue weighted by atomic mass is 32.2. The smallest absolute Gasteiger partial charge is 0.296 e. The number of allylic oxidation sites excluding steroid dienone is 1. The van der Waals surface area contributed by atoms with Gasteiger partial charge in [-0.2, -0.15) is 43.9 Å². The van der Waals surface area contributed by atoms with Crippen LogP contribution in [0.25, 0.3) is 0 Å². The molecule has 0 fully saturated rings. The minimum absolute atomic E-state index is 0.115. The summed E-state index contributed by atoms with van der Waals surface area (Å²) < 4.78 is 138. The second-order valence-electron chi connectivity index (χ2n) is 13.7. The maximum Gasteiger partial charge on any atom is 0.296 e. The number of hydrogen-bond donors (Lipinski definition) is 8. The number of nitrogen functional groups attached to an aromatic ring is 1. The van der Waals surface area contributed by atoms with E-state index in [2.05, 4.69) is 31.1 Å². The zero-order chi connectivity index (χ0) is 48.5. The van der Waals surface area contributed by atoms with E-state index in [4.69, 9.17) is 11.5 Å². The van der Waals surface area contributed by atoms with Crippen molar-refractivity contribution >= 4 is 97.3 Å². The summed E-state index contributed by atoms with van der Waals surface area (Å²) in [6, 6.07) is 18.2. The highest BCUT2D eigenvalue weighted by Crippen LogP contribution is 2.41. The molecule has 10 N–H and O–H groups in total. The summed E-state index contributed by atoms with van der Waals surface area (Å²) in [6.45, 7) is 0. The van der Waals surface area contributed by atoms with Crippen LogP contribution in [0.15, 0.2) is 156 Å². The number of azo groups is 2. The fraction of sp³-hybridized carbons (Fsp3) is 0.0556. The lowest BCUT2D eigenvalue weighted by molar-refractivity contribution is -0.385. The van der Waals surface area contributed by atoms with Gasteiger partial charge in [0.25, 0.3) is 51.8 Å². The molecule has 0 heterocycles. The summed E-state index contributed by atoms with van der Waals surface area (Å²) in [6.07, 6.45) is 1.90. The van der Waals surface area contributed by atoms with Gasteiger partial charge in [-0.15, -0.1) is 10.2 Å². The third-order valence-corrected chi connectivity index (χ3v) is 13.0. The number of rotatable bonds is 15. The maximum atomic E-state index is 12.7. The van der Waals surface area contributed by atoms with Crippen molar-refractivity contribution in [1.82, 2.24) is 0 Å². The van der Waals surface area contributed by atoms with E-state index in [0.29, 0.717) is 12.1 Å². The Morgan fingerprint density at radius 1 is 0.545 bits per heavy atom. The molecule has 0 aromatic heterocycles. The standard InChI is InChI=1S/C36H30N10O16S4/c37-27-17-33(63(51,52)53)25(15-31(27)43-41-21-5-1-19(2-6-21)39-29-11-9-23(45(47)48)13-35(29)65(57,58)59)26-16-32(28(38)18-34(26)64(54,55)56)44-42-22-7-3-20(4-8-22)40-30-12-10-24(46(49)50)14-36(30)66(60,61)62/h1-18,25,33,39-40H,37-38H2,(H,51,52,53)(H,54,55,56)(H,57,58,59)(H,60,61,62). The van der Waals surface area contributed by atoms with E-state index in [-0.39, 0.29) is 56.9 Å². The van der Waals surface area contributed by atoms with Crippen molar-refractivity contribution in [3.63, 3.8) is 0 Å². The third-order valence-electron chi connectivity index (χ3n) is 9.22. The second-order valence-corrected chi connectivity index (χ2v) is 19.4. The molecule has 0 radical (unpaired) electrons. The van der Waals surface area contributed by atoms with Gasteiger partial charge in [-0.1, -0.05) is 0 Å². The molecule has 344 valence electrons. The van der Waals surface area contributed by atoms with E-state index in [0.717, 1.165) is 48.6 Å². The molecule has 0 aliphatic heterocycles. The first kappa shape index (κ1) is 47.9. The summed E-state index contributed by atoms with van der Waals surface area (Å²) in [5, 5.41) is 41.9. The van der Waals surface area contributed by atoms with Crippen LogP contribution in [0.4, 0.5) is 56.9 Å². The maximum absolute atomic E-state index is 12.7. The lowest BCUT2D eigenvalue weighted by atomic mass is 9.89. The highest BCUT2D eigenvalue weighted by molar-refractivity contribution is 7.87. The van der Waals surface area contributed by atoms with Crippen LogP contribution < -0.4 is 22.1 Å². The van der Waals surface area contributed by atoms with Gasteiger partial charge in [-0.3, -0.25) is 38.4 Å². The Labute approximate surface area is 372 Å². The Balaban J connectivity index is 1.30. The average molecular weight is 987 g/mol. The zero-order valence-corrected chi connectivity index (χ0v) is 36.0. The Kier molecular flexibility index (Phi) is 13.2. The first-order chi connectivity index (χ1) is 30.7. The largest absolute Gasteiger partial charge is 0.397 e. The predicted molar refractivity (Wildman–Crippen MR) is 233 cm³/mol. The van der Waals surface area contributed by atoms with Crippen LogP contribution in [-0.4, -0.2) is 67.0 Å². The number of nitro groups is 2. The molecule has 5 aromatic carbocycles. The van der Waals surface area contributed by atoms with Crippen molar-refractivity contribution in [2.24, 2.45) is 26.2 Å². The van der Waals surface area contributed by atoms with Crippen molar-refractivity contribution in [2.45, 2.75) is 25.9 Å². The van der Waals surface area contributed by atoms with Crippen LogP contribution in [-0.2, 0) is 40.5 Å². The van der Waals surface area contributed by atoms with Crippen molar-refractivity contribution < 1.29 is 61.7 Å². The SMILES string of the molecule is NC1=CC(S(=O)(=O)O)C(c2cc(N=Nc3ccc(Nc4ccc([N+](=O)[O-])cc4S(=O)(=O)O)cc3)c(N)cc2S(=O)(=O)O)C=C1N=Nc1ccc(Nc2ccc([N+](=O)[O-])cc2S(=O)(=O)O)cc1. The van der Waals surface area contributed by atoms with E-state index >= 15 is 0 Å². The lowest BCUT2D eigenvalue weighted by Gasteiger charge is -2.26. The van der Waals surface area contributed by atoms with Gasteiger partial charge in [0.1, 0.15) is 26.4 Å². The minimum atomic E-state index is -5.18. The molecule has 26 nitrogen and oxygen atoms in total. The van der Waals surface area contributed by atoms with E-state index in [9.17, 15) is 72.1 Å².